The number of carbonyl (C=O) groups excluding carboxylic acids is 1. The zero-order chi connectivity index (χ0) is 38.5. The molecule has 0 aliphatic rings. The van der Waals surface area contributed by atoms with Crippen molar-refractivity contribution in [3.05, 3.63) is 0 Å². The molecule has 0 aromatic rings. The second kappa shape index (κ2) is 48.8. The molecule has 0 fully saturated rings. The van der Waals surface area contributed by atoms with Crippen molar-refractivity contribution in [2.45, 2.75) is 245 Å². The van der Waals surface area contributed by atoms with Crippen LogP contribution in [-0.2, 0) is 14.3 Å². The number of aliphatic hydroxyl groups is 4. The molecule has 0 aliphatic carbocycles. The van der Waals surface area contributed by atoms with Crippen molar-refractivity contribution < 1.29 is 39.9 Å². The summed E-state index contributed by atoms with van der Waals surface area (Å²) >= 11 is 0. The molecule has 308 valence electrons. The number of ether oxygens (including phenoxy) is 1. The van der Waals surface area contributed by atoms with E-state index in [1.807, 2.05) is 6.92 Å². The van der Waals surface area contributed by atoms with Gasteiger partial charge in [-0.05, 0) is 19.3 Å². The highest BCUT2D eigenvalue weighted by Gasteiger charge is 2.07. The molecule has 2 atom stereocenters. The first kappa shape index (κ1) is 54.1. The molecule has 0 aromatic carbocycles. The number of esters is 1. The second-order valence-corrected chi connectivity index (χ2v) is 14.6. The Morgan fingerprint density at radius 1 is 0.431 bits per heavy atom. The Labute approximate surface area is 315 Å². The van der Waals surface area contributed by atoms with Gasteiger partial charge in [-0.2, -0.15) is 0 Å². The van der Waals surface area contributed by atoms with Crippen LogP contribution in [0.25, 0.3) is 0 Å². The van der Waals surface area contributed by atoms with Gasteiger partial charge in [0.15, 0.2) is 0 Å². The maximum absolute atomic E-state index is 11.4. The fourth-order valence-electron chi connectivity index (χ4n) is 5.73. The standard InChI is InChI=1S/C21H42O4.C18H36O2.C4H10O2/c1-2-3-4-5-6-7-8-9-10-11-12-13-14-15-16-17-21(24)25-19-20(23)18-22;1-2-3-4-5-6-7-8-9-10-11-12-13-14-15-16-17-18(19)20;1-2-4(6)3-5/h20,22-23H,2-19H2,1H3;2-17H2,1H3,(H,19,20);4-6H,2-3H2,1H3. The minimum absolute atomic E-state index is 0.103. The molecule has 51 heavy (non-hydrogen) atoms. The summed E-state index contributed by atoms with van der Waals surface area (Å²) in [5.74, 6) is -0.929. The second-order valence-electron chi connectivity index (χ2n) is 14.6. The molecule has 0 rings (SSSR count). The smallest absolute Gasteiger partial charge is 0.305 e. The average molecular weight is 733 g/mol. The minimum atomic E-state index is -0.954. The van der Waals surface area contributed by atoms with Crippen LogP contribution in [0.2, 0.25) is 0 Å². The third kappa shape index (κ3) is 55.7. The number of carbonyl (C=O) groups is 2. The molecule has 0 aliphatic heterocycles. The first-order chi connectivity index (χ1) is 24.8. The van der Waals surface area contributed by atoms with Crippen LogP contribution >= 0.6 is 0 Å². The highest BCUT2D eigenvalue weighted by molar-refractivity contribution is 5.69. The molecule has 0 radical (unpaired) electrons. The normalized spacial score (nSPS) is 12.0. The van der Waals surface area contributed by atoms with Crippen molar-refractivity contribution in [2.75, 3.05) is 19.8 Å². The number of hydrogen-bond acceptors (Lipinski definition) is 7. The van der Waals surface area contributed by atoms with E-state index in [9.17, 15) is 9.59 Å². The van der Waals surface area contributed by atoms with Gasteiger partial charge < -0.3 is 30.3 Å². The summed E-state index contributed by atoms with van der Waals surface area (Å²) < 4.78 is 4.86. The number of hydrogen-bond donors (Lipinski definition) is 5. The molecule has 0 aromatic heterocycles. The van der Waals surface area contributed by atoms with Crippen molar-refractivity contribution in [1.29, 1.82) is 0 Å². The Balaban J connectivity index is -0.000000791. The van der Waals surface area contributed by atoms with E-state index in [1.165, 1.54) is 167 Å². The van der Waals surface area contributed by atoms with Crippen LogP contribution in [0.15, 0.2) is 0 Å². The average Bonchev–Trinajstić information content (AvgIpc) is 3.13. The van der Waals surface area contributed by atoms with Gasteiger partial charge in [-0.15, -0.1) is 0 Å². The van der Waals surface area contributed by atoms with E-state index < -0.39 is 18.2 Å². The van der Waals surface area contributed by atoms with Crippen molar-refractivity contribution in [3.63, 3.8) is 0 Å². The van der Waals surface area contributed by atoms with Gasteiger partial charge in [-0.3, -0.25) is 9.59 Å². The van der Waals surface area contributed by atoms with E-state index >= 15 is 0 Å². The molecule has 0 amide bonds. The molecule has 8 heteroatoms. The van der Waals surface area contributed by atoms with Crippen molar-refractivity contribution in [3.8, 4) is 0 Å². The van der Waals surface area contributed by atoms with Crippen LogP contribution in [-0.4, -0.2) is 69.5 Å². The summed E-state index contributed by atoms with van der Waals surface area (Å²) in [6, 6.07) is 0. The van der Waals surface area contributed by atoms with E-state index in [2.05, 4.69) is 13.8 Å². The Hall–Kier alpha value is -1.22. The minimum Gasteiger partial charge on any atom is -0.481 e. The first-order valence-corrected chi connectivity index (χ1v) is 21.7. The van der Waals surface area contributed by atoms with Crippen molar-refractivity contribution in [2.24, 2.45) is 0 Å². The molecule has 5 N–H and O–H groups in total. The largest absolute Gasteiger partial charge is 0.481 e. The lowest BCUT2D eigenvalue weighted by atomic mass is 10.0. The predicted molar refractivity (Wildman–Crippen MR) is 214 cm³/mol. The highest BCUT2D eigenvalue weighted by atomic mass is 16.5. The third-order valence-corrected chi connectivity index (χ3v) is 9.31. The van der Waals surface area contributed by atoms with Crippen molar-refractivity contribution in [1.82, 2.24) is 0 Å². The Morgan fingerprint density at radius 3 is 0.941 bits per heavy atom. The molecule has 0 spiro atoms. The van der Waals surface area contributed by atoms with Crippen LogP contribution in [0.1, 0.15) is 233 Å². The number of carboxylic acids is 1. The lowest BCUT2D eigenvalue weighted by Gasteiger charge is -2.08. The summed E-state index contributed by atoms with van der Waals surface area (Å²) in [5.41, 5.74) is 0. The zero-order valence-electron chi connectivity index (χ0n) is 34.1. The van der Waals surface area contributed by atoms with Gasteiger partial charge >= 0.3 is 11.9 Å². The van der Waals surface area contributed by atoms with Gasteiger partial charge in [0.05, 0.1) is 19.3 Å². The van der Waals surface area contributed by atoms with E-state index in [0.717, 1.165) is 25.7 Å². The molecule has 0 bridgehead atoms. The number of carboxylic acid groups (broad SMARTS) is 1. The monoisotopic (exact) mass is 733 g/mol. The number of aliphatic carboxylic acids is 1. The Bertz CT molecular complexity index is 656. The van der Waals surface area contributed by atoms with Crippen LogP contribution in [0, 0.1) is 0 Å². The lowest BCUT2D eigenvalue weighted by molar-refractivity contribution is -0.147. The van der Waals surface area contributed by atoms with Gasteiger partial charge in [0.25, 0.3) is 0 Å². The zero-order valence-corrected chi connectivity index (χ0v) is 34.1. The number of unbranched alkanes of at least 4 members (excludes halogenated alkanes) is 28. The molecule has 2 unspecified atom stereocenters. The molecule has 0 saturated carbocycles. The van der Waals surface area contributed by atoms with Gasteiger partial charge in [0, 0.05) is 12.8 Å². The summed E-state index contributed by atoms with van der Waals surface area (Å²) in [4.78, 5) is 21.7. The molecular weight excluding hydrogens is 644 g/mol. The van der Waals surface area contributed by atoms with Crippen LogP contribution in [0.3, 0.4) is 0 Å². The van der Waals surface area contributed by atoms with Crippen LogP contribution < -0.4 is 0 Å². The van der Waals surface area contributed by atoms with Crippen LogP contribution in [0.5, 0.6) is 0 Å². The predicted octanol–water partition coefficient (Wildman–Crippen LogP) is 11.2. The maximum atomic E-state index is 11.4. The van der Waals surface area contributed by atoms with Gasteiger partial charge in [0.2, 0.25) is 0 Å². The van der Waals surface area contributed by atoms with E-state index in [4.69, 9.17) is 30.3 Å². The molecular formula is C43H88O8. The molecule has 0 saturated heterocycles. The Morgan fingerprint density at radius 2 is 0.706 bits per heavy atom. The fraction of sp³-hybridized carbons (Fsp3) is 0.953. The summed E-state index contributed by atoms with van der Waals surface area (Å²) in [7, 11) is 0. The third-order valence-electron chi connectivity index (χ3n) is 9.31. The first-order valence-electron chi connectivity index (χ1n) is 21.7. The quantitative estimate of drug-likeness (QED) is 0.0313. The maximum Gasteiger partial charge on any atom is 0.305 e. The summed E-state index contributed by atoms with van der Waals surface area (Å²) in [6.45, 7) is 5.77. The van der Waals surface area contributed by atoms with Gasteiger partial charge in [-0.25, -0.2) is 0 Å². The SMILES string of the molecule is CCC(O)CO.CCCCCCCCCCCCCCCCCC(=O)O.CCCCCCCCCCCCCCCCCC(=O)OCC(O)CO. The highest BCUT2D eigenvalue weighted by Crippen LogP contribution is 2.15. The lowest BCUT2D eigenvalue weighted by Crippen LogP contribution is -2.21. The van der Waals surface area contributed by atoms with E-state index in [1.54, 1.807) is 0 Å². The topological polar surface area (TPSA) is 145 Å². The van der Waals surface area contributed by atoms with E-state index in [-0.39, 0.29) is 25.8 Å². The number of rotatable bonds is 37. The van der Waals surface area contributed by atoms with Crippen molar-refractivity contribution >= 4 is 11.9 Å². The van der Waals surface area contributed by atoms with Gasteiger partial charge in [0.1, 0.15) is 12.7 Å². The number of aliphatic hydroxyl groups excluding tert-OH is 4. The fourth-order valence-corrected chi connectivity index (χ4v) is 5.73. The molecule has 0 heterocycles. The Kier molecular flexibility index (Phi) is 51.8. The van der Waals surface area contributed by atoms with Gasteiger partial charge in [-0.1, -0.05) is 201 Å². The summed E-state index contributed by atoms with van der Waals surface area (Å²) in [5, 5.41) is 42.7. The van der Waals surface area contributed by atoms with E-state index in [0.29, 0.717) is 19.3 Å². The van der Waals surface area contributed by atoms with Crippen LogP contribution in [0.4, 0.5) is 0 Å². The summed E-state index contributed by atoms with van der Waals surface area (Å²) in [6.07, 6.45) is 39.4. The molecule has 8 nitrogen and oxygen atoms in total.